The van der Waals surface area contributed by atoms with Crippen LogP contribution in [-0.2, 0) is 0 Å². The Balaban J connectivity index is 2.59. The van der Waals surface area contributed by atoms with E-state index in [0.29, 0.717) is 12.3 Å². The van der Waals surface area contributed by atoms with Crippen LogP contribution in [-0.4, -0.2) is 10.8 Å². The highest BCUT2D eigenvalue weighted by Gasteiger charge is 2.11. The first kappa shape index (κ1) is 10.9. The number of rotatable bonds is 5. The summed E-state index contributed by atoms with van der Waals surface area (Å²) in [5, 5.41) is 0. The summed E-state index contributed by atoms with van der Waals surface area (Å²) in [4.78, 5) is 15.6. The van der Waals surface area contributed by atoms with Gasteiger partial charge in [-0.2, -0.15) is 0 Å². The molecule has 0 atom stereocenters. The van der Waals surface area contributed by atoms with Crippen molar-refractivity contribution in [2.75, 3.05) is 0 Å². The van der Waals surface area contributed by atoms with Gasteiger partial charge in [0.15, 0.2) is 5.78 Å². The Morgan fingerprint density at radius 3 is 2.36 bits per heavy atom. The molecule has 0 aliphatic carbocycles. The minimum atomic E-state index is 0.237. The van der Waals surface area contributed by atoms with Gasteiger partial charge in [0.2, 0.25) is 0 Å². The Bertz CT molecular complexity index is 278. The fourth-order valence-corrected chi connectivity index (χ4v) is 1.50. The molecule has 0 spiro atoms. The monoisotopic (exact) mass is 191 g/mol. The zero-order valence-corrected chi connectivity index (χ0v) is 8.86. The summed E-state index contributed by atoms with van der Waals surface area (Å²) in [5.74, 6) is 0.761. The van der Waals surface area contributed by atoms with E-state index in [4.69, 9.17) is 0 Å². The molecule has 0 saturated heterocycles. The Hall–Kier alpha value is -1.18. The highest BCUT2D eigenvalue weighted by atomic mass is 16.1. The molecule has 0 bridgehead atoms. The first-order valence-electron chi connectivity index (χ1n) is 5.21. The van der Waals surface area contributed by atoms with Gasteiger partial charge in [-0.25, -0.2) is 0 Å². The second-order valence-corrected chi connectivity index (χ2v) is 3.55. The van der Waals surface area contributed by atoms with E-state index in [1.54, 1.807) is 24.5 Å². The fourth-order valence-electron chi connectivity index (χ4n) is 1.50. The number of nitrogens with zero attached hydrogens (tertiary/aromatic N) is 1. The van der Waals surface area contributed by atoms with Gasteiger partial charge in [-0.05, 0) is 18.1 Å². The van der Waals surface area contributed by atoms with E-state index in [1.807, 2.05) is 0 Å². The number of ketones is 1. The second-order valence-electron chi connectivity index (χ2n) is 3.55. The third-order valence-electron chi connectivity index (χ3n) is 2.63. The van der Waals surface area contributed by atoms with Crippen LogP contribution in [0.3, 0.4) is 0 Å². The van der Waals surface area contributed by atoms with Crippen molar-refractivity contribution in [1.29, 1.82) is 0 Å². The first-order chi connectivity index (χ1) is 6.77. The third kappa shape index (κ3) is 2.95. The highest BCUT2D eigenvalue weighted by Crippen LogP contribution is 2.15. The SMILES string of the molecule is CCC(CC)CC(=O)c1ccncc1. The van der Waals surface area contributed by atoms with Gasteiger partial charge in [0, 0.05) is 24.4 Å². The van der Waals surface area contributed by atoms with E-state index in [-0.39, 0.29) is 5.78 Å². The van der Waals surface area contributed by atoms with Crippen LogP contribution in [0.25, 0.3) is 0 Å². The van der Waals surface area contributed by atoms with Crippen LogP contribution in [0.2, 0.25) is 0 Å². The number of hydrogen-bond donors (Lipinski definition) is 0. The Labute approximate surface area is 85.4 Å². The van der Waals surface area contributed by atoms with Crippen molar-refractivity contribution >= 4 is 5.78 Å². The van der Waals surface area contributed by atoms with E-state index >= 15 is 0 Å². The fraction of sp³-hybridized carbons (Fsp3) is 0.500. The van der Waals surface area contributed by atoms with Gasteiger partial charge >= 0.3 is 0 Å². The van der Waals surface area contributed by atoms with Gasteiger partial charge < -0.3 is 0 Å². The molecule has 0 aliphatic heterocycles. The van der Waals surface area contributed by atoms with Gasteiger partial charge in [-0.15, -0.1) is 0 Å². The highest BCUT2D eigenvalue weighted by molar-refractivity contribution is 5.95. The summed E-state index contributed by atoms with van der Waals surface area (Å²) in [6.07, 6.45) is 6.15. The molecule has 0 N–H and O–H groups in total. The molecule has 2 nitrogen and oxygen atoms in total. The summed E-state index contributed by atoms with van der Waals surface area (Å²) >= 11 is 0. The van der Waals surface area contributed by atoms with Gasteiger partial charge in [-0.3, -0.25) is 9.78 Å². The molecule has 1 aromatic rings. The van der Waals surface area contributed by atoms with Crippen molar-refractivity contribution in [3.8, 4) is 0 Å². The van der Waals surface area contributed by atoms with Crippen LogP contribution in [0.5, 0.6) is 0 Å². The average Bonchev–Trinajstić information content (AvgIpc) is 2.26. The zero-order valence-electron chi connectivity index (χ0n) is 8.86. The summed E-state index contributed by atoms with van der Waals surface area (Å²) in [6.45, 7) is 4.27. The minimum Gasteiger partial charge on any atom is -0.294 e. The van der Waals surface area contributed by atoms with Crippen molar-refractivity contribution < 1.29 is 4.79 Å². The molecule has 0 amide bonds. The quantitative estimate of drug-likeness (QED) is 0.669. The molecule has 0 fully saturated rings. The summed E-state index contributed by atoms with van der Waals surface area (Å²) in [7, 11) is 0. The van der Waals surface area contributed by atoms with Crippen LogP contribution in [0.4, 0.5) is 0 Å². The number of hydrogen-bond acceptors (Lipinski definition) is 2. The van der Waals surface area contributed by atoms with Gasteiger partial charge in [-0.1, -0.05) is 26.7 Å². The molecule has 0 unspecified atom stereocenters. The minimum absolute atomic E-state index is 0.237. The van der Waals surface area contributed by atoms with Crippen molar-refractivity contribution in [1.82, 2.24) is 4.98 Å². The summed E-state index contributed by atoms with van der Waals surface area (Å²) in [5.41, 5.74) is 0.784. The third-order valence-corrected chi connectivity index (χ3v) is 2.63. The van der Waals surface area contributed by atoms with Crippen molar-refractivity contribution in [2.45, 2.75) is 33.1 Å². The normalized spacial score (nSPS) is 10.5. The number of carbonyl (C=O) groups excluding carboxylic acids is 1. The lowest BCUT2D eigenvalue weighted by Crippen LogP contribution is -2.07. The number of Topliss-reactive ketones (excluding diaryl/α,β-unsaturated/α-hetero) is 1. The Morgan fingerprint density at radius 2 is 1.86 bits per heavy atom. The molecule has 2 heteroatoms. The van der Waals surface area contributed by atoms with E-state index in [0.717, 1.165) is 18.4 Å². The van der Waals surface area contributed by atoms with E-state index < -0.39 is 0 Å². The van der Waals surface area contributed by atoms with Crippen LogP contribution in [0, 0.1) is 5.92 Å². The van der Waals surface area contributed by atoms with E-state index in [2.05, 4.69) is 18.8 Å². The largest absolute Gasteiger partial charge is 0.294 e. The zero-order chi connectivity index (χ0) is 10.4. The van der Waals surface area contributed by atoms with Crippen LogP contribution >= 0.6 is 0 Å². The molecule has 0 radical (unpaired) electrons. The maximum atomic E-state index is 11.7. The lowest BCUT2D eigenvalue weighted by molar-refractivity contribution is 0.0958. The molecule has 1 heterocycles. The first-order valence-corrected chi connectivity index (χ1v) is 5.21. The van der Waals surface area contributed by atoms with Crippen LogP contribution < -0.4 is 0 Å². The van der Waals surface area contributed by atoms with Crippen LogP contribution in [0.1, 0.15) is 43.5 Å². The standard InChI is InChI=1S/C12H17NO/c1-3-10(4-2)9-12(14)11-5-7-13-8-6-11/h5-8,10H,3-4,9H2,1-2H3. The molecule has 0 aromatic carbocycles. The van der Waals surface area contributed by atoms with Gasteiger partial charge in [0.1, 0.15) is 0 Å². The van der Waals surface area contributed by atoms with Crippen molar-refractivity contribution in [3.63, 3.8) is 0 Å². The molecule has 0 aliphatic rings. The van der Waals surface area contributed by atoms with Gasteiger partial charge in [0.05, 0.1) is 0 Å². The molecular formula is C12H17NO. The van der Waals surface area contributed by atoms with Crippen molar-refractivity contribution in [3.05, 3.63) is 30.1 Å². The second kappa shape index (κ2) is 5.53. The predicted octanol–water partition coefficient (Wildman–Crippen LogP) is 3.09. The molecule has 1 aromatic heterocycles. The molecule has 1 rings (SSSR count). The predicted molar refractivity (Wildman–Crippen MR) is 57.3 cm³/mol. The number of pyridine rings is 1. The lowest BCUT2D eigenvalue weighted by atomic mass is 9.94. The lowest BCUT2D eigenvalue weighted by Gasteiger charge is -2.10. The smallest absolute Gasteiger partial charge is 0.163 e. The van der Waals surface area contributed by atoms with E-state index in [9.17, 15) is 4.79 Å². The summed E-state index contributed by atoms with van der Waals surface area (Å²) in [6, 6.07) is 3.56. The number of aromatic nitrogens is 1. The molecule has 0 saturated carbocycles. The van der Waals surface area contributed by atoms with Gasteiger partial charge in [0.25, 0.3) is 0 Å². The maximum absolute atomic E-state index is 11.7. The molecule has 14 heavy (non-hydrogen) atoms. The molecular weight excluding hydrogens is 174 g/mol. The maximum Gasteiger partial charge on any atom is 0.163 e. The molecule has 76 valence electrons. The Morgan fingerprint density at radius 1 is 1.29 bits per heavy atom. The average molecular weight is 191 g/mol. The van der Waals surface area contributed by atoms with Crippen molar-refractivity contribution in [2.24, 2.45) is 5.92 Å². The summed E-state index contributed by atoms with van der Waals surface area (Å²) < 4.78 is 0. The van der Waals surface area contributed by atoms with E-state index in [1.165, 1.54) is 0 Å². The van der Waals surface area contributed by atoms with Crippen LogP contribution in [0.15, 0.2) is 24.5 Å². The Kier molecular flexibility index (Phi) is 4.30. The number of carbonyl (C=O) groups is 1. The topological polar surface area (TPSA) is 30.0 Å².